The largest absolute Gasteiger partial charge is 0.389 e. The number of hydrogen-bond donors (Lipinski definition) is 1. The van der Waals surface area contributed by atoms with E-state index in [9.17, 15) is 13.9 Å². The molecule has 0 aliphatic heterocycles. The highest BCUT2D eigenvalue weighted by atomic mass is 19.3. The molecule has 0 amide bonds. The summed E-state index contributed by atoms with van der Waals surface area (Å²) in [4.78, 5) is 3.68. The highest BCUT2D eigenvalue weighted by molar-refractivity contribution is 4.99. The van der Waals surface area contributed by atoms with Crippen molar-refractivity contribution in [1.29, 1.82) is 0 Å². The number of hydrogen-bond acceptors (Lipinski definition) is 4. The maximum absolute atomic E-state index is 13.0. The van der Waals surface area contributed by atoms with E-state index in [0.717, 1.165) is 13.3 Å². The summed E-state index contributed by atoms with van der Waals surface area (Å²) in [6.45, 7) is 4.97. The molecule has 1 saturated carbocycles. The van der Waals surface area contributed by atoms with E-state index >= 15 is 0 Å². The maximum atomic E-state index is 13.0. The molecule has 0 saturated heterocycles. The van der Waals surface area contributed by atoms with Gasteiger partial charge >= 0.3 is 5.92 Å². The third-order valence-electron chi connectivity index (χ3n) is 4.08. The lowest BCUT2D eigenvalue weighted by Gasteiger charge is -2.38. The summed E-state index contributed by atoms with van der Waals surface area (Å²) in [7, 11) is 0. The van der Waals surface area contributed by atoms with Crippen LogP contribution >= 0.6 is 0 Å². The summed E-state index contributed by atoms with van der Waals surface area (Å²) >= 11 is 0. The fourth-order valence-electron chi connectivity index (χ4n) is 2.63. The van der Waals surface area contributed by atoms with Crippen LogP contribution in [0, 0.1) is 11.8 Å². The minimum Gasteiger partial charge on any atom is -0.389 e. The van der Waals surface area contributed by atoms with Crippen molar-refractivity contribution < 1.29 is 18.4 Å². The molecule has 1 aromatic heterocycles. The molecule has 1 heterocycles. The van der Waals surface area contributed by atoms with Gasteiger partial charge in [-0.15, -0.1) is 0 Å². The normalized spacial score (nSPS) is 32.5. The monoisotopic (exact) mass is 274 g/mol. The van der Waals surface area contributed by atoms with Crippen LogP contribution in [0.15, 0.2) is 4.52 Å². The second-order valence-corrected chi connectivity index (χ2v) is 6.00. The molecule has 108 valence electrons. The lowest BCUT2D eigenvalue weighted by molar-refractivity contribution is -0.0330. The number of nitrogens with zero attached hydrogens (tertiary/aromatic N) is 2. The third-order valence-corrected chi connectivity index (χ3v) is 4.08. The molecule has 19 heavy (non-hydrogen) atoms. The topological polar surface area (TPSA) is 59.2 Å². The van der Waals surface area contributed by atoms with Gasteiger partial charge in [0.2, 0.25) is 11.7 Å². The van der Waals surface area contributed by atoms with E-state index < -0.39 is 17.3 Å². The van der Waals surface area contributed by atoms with Gasteiger partial charge in [0.25, 0.3) is 0 Å². The lowest BCUT2D eigenvalue weighted by Crippen LogP contribution is -2.39. The first kappa shape index (κ1) is 14.4. The molecule has 1 fully saturated rings. The second kappa shape index (κ2) is 4.81. The minimum absolute atomic E-state index is 0.0841. The van der Waals surface area contributed by atoms with Crippen LogP contribution < -0.4 is 0 Å². The van der Waals surface area contributed by atoms with Crippen LogP contribution in [0.3, 0.4) is 0 Å². The lowest BCUT2D eigenvalue weighted by atomic mass is 9.72. The Morgan fingerprint density at radius 2 is 2.11 bits per heavy atom. The number of halogens is 2. The summed E-state index contributed by atoms with van der Waals surface area (Å²) in [6.07, 6.45) is 2.34. The van der Waals surface area contributed by atoms with Gasteiger partial charge in [-0.1, -0.05) is 19.0 Å². The Kier molecular flexibility index (Phi) is 3.64. The first-order valence-electron chi connectivity index (χ1n) is 6.63. The van der Waals surface area contributed by atoms with Crippen LogP contribution in [0.2, 0.25) is 0 Å². The van der Waals surface area contributed by atoms with Gasteiger partial charge in [-0.05, 0) is 31.1 Å². The molecular weight excluding hydrogens is 254 g/mol. The van der Waals surface area contributed by atoms with Crippen LogP contribution in [-0.4, -0.2) is 20.8 Å². The molecule has 0 bridgehead atoms. The van der Waals surface area contributed by atoms with Crippen molar-refractivity contribution in [2.24, 2.45) is 11.8 Å². The van der Waals surface area contributed by atoms with E-state index in [1.807, 2.05) is 0 Å². The average Bonchev–Trinajstić information content (AvgIpc) is 2.72. The van der Waals surface area contributed by atoms with Crippen molar-refractivity contribution in [3.05, 3.63) is 11.7 Å². The Morgan fingerprint density at radius 3 is 2.63 bits per heavy atom. The molecule has 2 rings (SSSR count). The maximum Gasteiger partial charge on any atom is 0.307 e. The highest BCUT2D eigenvalue weighted by Gasteiger charge is 2.38. The van der Waals surface area contributed by atoms with Crippen molar-refractivity contribution in [3.8, 4) is 0 Å². The zero-order chi connectivity index (χ0) is 14.3. The van der Waals surface area contributed by atoms with Gasteiger partial charge in [-0.3, -0.25) is 0 Å². The number of aliphatic hydroxyl groups is 1. The molecule has 0 unspecified atom stereocenters. The van der Waals surface area contributed by atoms with E-state index in [0.29, 0.717) is 24.7 Å². The van der Waals surface area contributed by atoms with Crippen molar-refractivity contribution in [2.45, 2.75) is 58.0 Å². The van der Waals surface area contributed by atoms with Crippen molar-refractivity contribution in [3.63, 3.8) is 0 Å². The van der Waals surface area contributed by atoms with Crippen LogP contribution in [0.5, 0.6) is 0 Å². The Balaban J connectivity index is 2.06. The van der Waals surface area contributed by atoms with Crippen LogP contribution in [0.25, 0.3) is 0 Å². The molecule has 0 aromatic carbocycles. The van der Waals surface area contributed by atoms with Crippen molar-refractivity contribution >= 4 is 0 Å². The summed E-state index contributed by atoms with van der Waals surface area (Å²) in [5.41, 5.74) is -0.918. The number of aromatic nitrogens is 2. The second-order valence-electron chi connectivity index (χ2n) is 6.00. The first-order chi connectivity index (χ1) is 8.70. The summed E-state index contributed by atoms with van der Waals surface area (Å²) < 4.78 is 30.8. The molecule has 4 nitrogen and oxygen atoms in total. The van der Waals surface area contributed by atoms with Gasteiger partial charge in [0.05, 0.1) is 12.0 Å². The molecular formula is C13H20F2N2O2. The minimum atomic E-state index is -3.11. The van der Waals surface area contributed by atoms with Gasteiger partial charge in [0.15, 0.2) is 0 Å². The number of rotatable bonds is 3. The highest BCUT2D eigenvalue weighted by Crippen LogP contribution is 2.38. The zero-order valence-electron chi connectivity index (χ0n) is 11.5. The first-order valence-corrected chi connectivity index (χ1v) is 6.63. The standard InChI is InChI=1S/C13H20F2N2O2/c1-8-4-5-13(18,6-9(8)2)7-10-16-11(17-19-10)12(3,14)15/h8-9,18H,4-7H2,1-3H3/t8-,9+,13+/m1/s1. The van der Waals surface area contributed by atoms with Crippen molar-refractivity contribution in [2.75, 3.05) is 0 Å². The van der Waals surface area contributed by atoms with Crippen LogP contribution in [-0.2, 0) is 12.3 Å². The smallest absolute Gasteiger partial charge is 0.307 e. The SMILES string of the molecule is C[C@@H]1CC[C@@](O)(Cc2nc(C(C)(F)F)no2)C[C@@H]1C. The molecule has 6 heteroatoms. The van der Waals surface area contributed by atoms with Gasteiger partial charge < -0.3 is 9.63 Å². The fourth-order valence-corrected chi connectivity index (χ4v) is 2.63. The average molecular weight is 274 g/mol. The fraction of sp³-hybridized carbons (Fsp3) is 0.846. The van der Waals surface area contributed by atoms with E-state index in [1.54, 1.807) is 0 Å². The molecule has 0 spiro atoms. The van der Waals surface area contributed by atoms with Gasteiger partial charge in [0, 0.05) is 6.92 Å². The van der Waals surface area contributed by atoms with E-state index in [2.05, 4.69) is 24.0 Å². The van der Waals surface area contributed by atoms with Crippen LogP contribution in [0.1, 0.15) is 51.7 Å². The Bertz CT molecular complexity index is 444. The van der Waals surface area contributed by atoms with Gasteiger partial charge in [-0.25, -0.2) is 0 Å². The molecule has 1 aromatic rings. The number of alkyl halides is 2. The summed E-state index contributed by atoms with van der Waals surface area (Å²) in [5, 5.41) is 13.8. The molecule has 1 N–H and O–H groups in total. The van der Waals surface area contributed by atoms with Crippen LogP contribution in [0.4, 0.5) is 8.78 Å². The Hall–Kier alpha value is -1.04. The predicted octanol–water partition coefficient (Wildman–Crippen LogP) is 2.91. The van der Waals surface area contributed by atoms with E-state index in [-0.39, 0.29) is 12.3 Å². The summed E-state index contributed by atoms with van der Waals surface area (Å²) in [5.74, 6) is -2.69. The zero-order valence-corrected chi connectivity index (χ0v) is 11.5. The van der Waals surface area contributed by atoms with Crippen molar-refractivity contribution in [1.82, 2.24) is 10.1 Å². The molecule has 0 radical (unpaired) electrons. The molecule has 1 aliphatic carbocycles. The molecule has 3 atom stereocenters. The summed E-state index contributed by atoms with van der Waals surface area (Å²) in [6, 6.07) is 0. The van der Waals surface area contributed by atoms with Gasteiger partial charge in [0.1, 0.15) is 0 Å². The predicted molar refractivity (Wildman–Crippen MR) is 64.7 cm³/mol. The Labute approximate surface area is 111 Å². The van der Waals surface area contributed by atoms with Gasteiger partial charge in [-0.2, -0.15) is 13.8 Å². The Morgan fingerprint density at radius 1 is 1.42 bits per heavy atom. The van der Waals surface area contributed by atoms with E-state index in [4.69, 9.17) is 4.52 Å². The third kappa shape index (κ3) is 3.29. The quantitative estimate of drug-likeness (QED) is 0.920. The van der Waals surface area contributed by atoms with E-state index in [1.165, 1.54) is 0 Å². The molecule has 1 aliphatic rings.